The lowest BCUT2D eigenvalue weighted by atomic mass is 10.3. The molecular weight excluding hydrogens is 190 g/mol. The van der Waals surface area contributed by atoms with E-state index in [2.05, 4.69) is 15.6 Å². The van der Waals surface area contributed by atoms with Gasteiger partial charge in [-0.05, 0) is 25.5 Å². The number of urea groups is 1. The van der Waals surface area contributed by atoms with Crippen molar-refractivity contribution in [1.82, 2.24) is 15.6 Å². The van der Waals surface area contributed by atoms with Crippen molar-refractivity contribution in [2.75, 3.05) is 6.54 Å². The molecule has 0 unspecified atom stereocenters. The maximum Gasteiger partial charge on any atom is 0.315 e. The first-order valence-electron chi connectivity index (χ1n) is 5.16. The van der Waals surface area contributed by atoms with Crippen LogP contribution in [0, 0.1) is 6.92 Å². The van der Waals surface area contributed by atoms with Crippen LogP contribution in [0.15, 0.2) is 18.2 Å². The Morgan fingerprint density at radius 1 is 1.40 bits per heavy atom. The molecule has 0 bridgehead atoms. The Kier molecular flexibility index (Phi) is 4.60. The molecule has 0 fully saturated rings. The normalized spacial score (nSPS) is 9.73. The highest BCUT2D eigenvalue weighted by molar-refractivity contribution is 5.73. The van der Waals surface area contributed by atoms with E-state index in [0.29, 0.717) is 13.1 Å². The van der Waals surface area contributed by atoms with Crippen LogP contribution in [0.2, 0.25) is 0 Å². The summed E-state index contributed by atoms with van der Waals surface area (Å²) in [6, 6.07) is 5.62. The molecule has 82 valence electrons. The maximum absolute atomic E-state index is 11.2. The number of carbonyl (C=O) groups excluding carboxylic acids is 1. The molecule has 2 N–H and O–H groups in total. The Morgan fingerprint density at radius 2 is 2.20 bits per heavy atom. The molecule has 0 radical (unpaired) electrons. The number of rotatable bonds is 4. The van der Waals surface area contributed by atoms with Gasteiger partial charge in [0.1, 0.15) is 0 Å². The van der Waals surface area contributed by atoms with Crippen LogP contribution in [-0.4, -0.2) is 17.6 Å². The molecule has 1 aromatic heterocycles. The van der Waals surface area contributed by atoms with Gasteiger partial charge in [-0.2, -0.15) is 0 Å². The van der Waals surface area contributed by atoms with E-state index in [4.69, 9.17) is 0 Å². The SMILES string of the molecule is CCCNC(=O)NCc1cccc(C)n1. The molecule has 1 heterocycles. The molecule has 0 spiro atoms. The molecular formula is C11H17N3O. The Morgan fingerprint density at radius 3 is 2.87 bits per heavy atom. The van der Waals surface area contributed by atoms with E-state index in [9.17, 15) is 4.79 Å². The fourth-order valence-electron chi connectivity index (χ4n) is 1.17. The van der Waals surface area contributed by atoms with E-state index in [1.54, 1.807) is 0 Å². The van der Waals surface area contributed by atoms with Crippen molar-refractivity contribution in [2.24, 2.45) is 0 Å². The van der Waals surface area contributed by atoms with Crippen LogP contribution in [0.1, 0.15) is 24.7 Å². The van der Waals surface area contributed by atoms with Gasteiger partial charge in [0.25, 0.3) is 0 Å². The van der Waals surface area contributed by atoms with Crippen molar-refractivity contribution < 1.29 is 4.79 Å². The van der Waals surface area contributed by atoms with Gasteiger partial charge >= 0.3 is 6.03 Å². The number of hydrogen-bond acceptors (Lipinski definition) is 2. The fourth-order valence-corrected chi connectivity index (χ4v) is 1.17. The summed E-state index contributed by atoms with van der Waals surface area (Å²) < 4.78 is 0. The zero-order chi connectivity index (χ0) is 11.1. The molecule has 0 aliphatic carbocycles. The van der Waals surface area contributed by atoms with Gasteiger partial charge in [0.2, 0.25) is 0 Å². The van der Waals surface area contributed by atoms with Gasteiger partial charge in [0.15, 0.2) is 0 Å². The highest BCUT2D eigenvalue weighted by Crippen LogP contribution is 1.96. The van der Waals surface area contributed by atoms with Gasteiger partial charge in [0, 0.05) is 12.2 Å². The van der Waals surface area contributed by atoms with E-state index in [-0.39, 0.29) is 6.03 Å². The third-order valence-electron chi connectivity index (χ3n) is 1.91. The van der Waals surface area contributed by atoms with Gasteiger partial charge in [-0.1, -0.05) is 13.0 Å². The molecule has 4 nitrogen and oxygen atoms in total. The van der Waals surface area contributed by atoms with E-state index in [1.807, 2.05) is 32.0 Å². The zero-order valence-corrected chi connectivity index (χ0v) is 9.21. The minimum atomic E-state index is -0.139. The fraction of sp³-hybridized carbons (Fsp3) is 0.455. The standard InChI is InChI=1S/C11H17N3O/c1-3-7-12-11(15)13-8-10-6-4-5-9(2)14-10/h4-6H,3,7-8H2,1-2H3,(H2,12,13,15). The summed E-state index contributed by atoms with van der Waals surface area (Å²) in [7, 11) is 0. The Bertz CT molecular complexity index is 325. The van der Waals surface area contributed by atoms with Crippen molar-refractivity contribution in [3.05, 3.63) is 29.6 Å². The molecule has 4 heteroatoms. The molecule has 0 aliphatic rings. The quantitative estimate of drug-likeness (QED) is 0.788. The van der Waals surface area contributed by atoms with Gasteiger partial charge in [-0.3, -0.25) is 4.98 Å². The number of nitrogens with one attached hydrogen (secondary N) is 2. The number of nitrogens with zero attached hydrogens (tertiary/aromatic N) is 1. The molecule has 0 aliphatic heterocycles. The second-order valence-corrected chi connectivity index (χ2v) is 3.38. The summed E-state index contributed by atoms with van der Waals surface area (Å²) in [5, 5.41) is 5.49. The number of amides is 2. The van der Waals surface area contributed by atoms with Crippen molar-refractivity contribution >= 4 is 6.03 Å². The lowest BCUT2D eigenvalue weighted by Crippen LogP contribution is -2.35. The summed E-state index contributed by atoms with van der Waals surface area (Å²) in [6.45, 7) is 5.12. The average Bonchev–Trinajstić information content (AvgIpc) is 2.23. The van der Waals surface area contributed by atoms with Crippen molar-refractivity contribution in [2.45, 2.75) is 26.8 Å². The number of aromatic nitrogens is 1. The summed E-state index contributed by atoms with van der Waals surface area (Å²) in [5.74, 6) is 0. The second-order valence-electron chi connectivity index (χ2n) is 3.38. The lowest BCUT2D eigenvalue weighted by molar-refractivity contribution is 0.240. The zero-order valence-electron chi connectivity index (χ0n) is 9.21. The van der Waals surface area contributed by atoms with Gasteiger partial charge in [0.05, 0.1) is 12.2 Å². The lowest BCUT2D eigenvalue weighted by Gasteiger charge is -2.06. The molecule has 0 saturated carbocycles. The summed E-state index contributed by atoms with van der Waals surface area (Å²) in [4.78, 5) is 15.5. The Labute approximate surface area is 90.1 Å². The number of hydrogen-bond donors (Lipinski definition) is 2. The molecule has 1 rings (SSSR count). The molecule has 0 aromatic carbocycles. The first-order chi connectivity index (χ1) is 7.22. The third-order valence-corrected chi connectivity index (χ3v) is 1.91. The maximum atomic E-state index is 11.2. The van der Waals surface area contributed by atoms with Gasteiger partial charge in [-0.25, -0.2) is 4.79 Å². The van der Waals surface area contributed by atoms with Crippen LogP contribution in [0.3, 0.4) is 0 Å². The van der Waals surface area contributed by atoms with Crippen molar-refractivity contribution in [1.29, 1.82) is 0 Å². The van der Waals surface area contributed by atoms with Crippen LogP contribution < -0.4 is 10.6 Å². The van der Waals surface area contributed by atoms with Crippen LogP contribution in [0.5, 0.6) is 0 Å². The summed E-state index contributed by atoms with van der Waals surface area (Å²) in [5.41, 5.74) is 1.84. The van der Waals surface area contributed by atoms with Crippen molar-refractivity contribution in [3.8, 4) is 0 Å². The monoisotopic (exact) mass is 207 g/mol. The number of carbonyl (C=O) groups is 1. The highest BCUT2D eigenvalue weighted by Gasteiger charge is 1.99. The van der Waals surface area contributed by atoms with Crippen LogP contribution in [0.25, 0.3) is 0 Å². The Hall–Kier alpha value is -1.58. The molecule has 0 atom stereocenters. The number of pyridine rings is 1. The number of aryl methyl sites for hydroxylation is 1. The predicted octanol–water partition coefficient (Wildman–Crippen LogP) is 1.60. The van der Waals surface area contributed by atoms with E-state index in [1.165, 1.54) is 0 Å². The third kappa shape index (κ3) is 4.44. The van der Waals surface area contributed by atoms with E-state index in [0.717, 1.165) is 17.8 Å². The first kappa shape index (κ1) is 11.5. The topological polar surface area (TPSA) is 54.0 Å². The van der Waals surface area contributed by atoms with Crippen LogP contribution >= 0.6 is 0 Å². The summed E-state index contributed by atoms with van der Waals surface area (Å²) >= 11 is 0. The minimum Gasteiger partial charge on any atom is -0.338 e. The first-order valence-corrected chi connectivity index (χ1v) is 5.16. The second kappa shape index (κ2) is 6.01. The molecule has 15 heavy (non-hydrogen) atoms. The van der Waals surface area contributed by atoms with E-state index < -0.39 is 0 Å². The van der Waals surface area contributed by atoms with Gasteiger partial charge in [-0.15, -0.1) is 0 Å². The van der Waals surface area contributed by atoms with E-state index >= 15 is 0 Å². The predicted molar refractivity (Wildman–Crippen MR) is 59.5 cm³/mol. The average molecular weight is 207 g/mol. The molecule has 2 amide bonds. The Balaban J connectivity index is 2.33. The largest absolute Gasteiger partial charge is 0.338 e. The van der Waals surface area contributed by atoms with Crippen molar-refractivity contribution in [3.63, 3.8) is 0 Å². The summed E-state index contributed by atoms with van der Waals surface area (Å²) in [6.07, 6.45) is 0.941. The molecule has 0 saturated heterocycles. The smallest absolute Gasteiger partial charge is 0.315 e. The minimum absolute atomic E-state index is 0.139. The molecule has 1 aromatic rings. The van der Waals surface area contributed by atoms with Crippen LogP contribution in [0.4, 0.5) is 4.79 Å². The van der Waals surface area contributed by atoms with Gasteiger partial charge < -0.3 is 10.6 Å². The van der Waals surface area contributed by atoms with Crippen LogP contribution in [-0.2, 0) is 6.54 Å². The highest BCUT2D eigenvalue weighted by atomic mass is 16.2.